The van der Waals surface area contributed by atoms with Crippen molar-refractivity contribution in [3.05, 3.63) is 35.1 Å². The second kappa shape index (κ2) is 3.71. The first kappa shape index (κ1) is 8.45. The van der Waals surface area contributed by atoms with E-state index < -0.39 is 0 Å². The molecule has 0 fully saturated rings. The van der Waals surface area contributed by atoms with Crippen LogP contribution in [0.5, 0.6) is 0 Å². The van der Waals surface area contributed by atoms with Crippen molar-refractivity contribution in [1.82, 2.24) is 4.98 Å². The topological polar surface area (TPSA) is 25.2 Å². The van der Waals surface area contributed by atoms with Crippen molar-refractivity contribution in [2.24, 2.45) is 4.99 Å². The monoisotopic (exact) mass is 192 g/mol. The van der Waals surface area contributed by atoms with Gasteiger partial charge in [-0.1, -0.05) is 23.7 Å². The molecule has 66 valence electrons. The molecule has 0 radical (unpaired) electrons. The summed E-state index contributed by atoms with van der Waals surface area (Å²) in [5.41, 5.74) is 2.16. The number of pyridine rings is 1. The molecule has 0 saturated heterocycles. The van der Waals surface area contributed by atoms with Crippen LogP contribution in [0.25, 0.3) is 5.57 Å². The van der Waals surface area contributed by atoms with Crippen molar-refractivity contribution in [3.8, 4) is 0 Å². The molecule has 0 aliphatic carbocycles. The largest absolute Gasteiger partial charge is 0.293 e. The van der Waals surface area contributed by atoms with E-state index in [0.717, 1.165) is 18.7 Å². The van der Waals surface area contributed by atoms with Crippen molar-refractivity contribution < 1.29 is 0 Å². The molecule has 0 saturated carbocycles. The number of dihydropyridines is 1. The number of nitrogens with zero attached hydrogens (tertiary/aromatic N) is 2. The molecule has 0 aromatic carbocycles. The normalized spacial score (nSPS) is 15.6. The number of halogens is 1. The maximum Gasteiger partial charge on any atom is 0.129 e. The zero-order valence-electron chi connectivity index (χ0n) is 7.07. The first-order valence-electron chi connectivity index (χ1n) is 4.16. The maximum atomic E-state index is 5.79. The minimum Gasteiger partial charge on any atom is -0.293 e. The molecule has 1 aliphatic heterocycles. The Balaban J connectivity index is 2.30. The van der Waals surface area contributed by atoms with E-state index in [-0.39, 0.29) is 0 Å². The lowest BCUT2D eigenvalue weighted by molar-refractivity contribution is 1.17. The molecule has 0 atom stereocenters. The minimum absolute atomic E-state index is 0.543. The van der Waals surface area contributed by atoms with Crippen LogP contribution in [-0.2, 0) is 0 Å². The van der Waals surface area contributed by atoms with Crippen molar-refractivity contribution in [3.63, 3.8) is 0 Å². The predicted molar refractivity (Wildman–Crippen MR) is 55.2 cm³/mol. The van der Waals surface area contributed by atoms with E-state index in [1.807, 2.05) is 18.3 Å². The van der Waals surface area contributed by atoms with Crippen molar-refractivity contribution in [2.45, 2.75) is 6.42 Å². The first-order valence-corrected chi connectivity index (χ1v) is 4.54. The van der Waals surface area contributed by atoms with Crippen LogP contribution in [0.3, 0.4) is 0 Å². The highest BCUT2D eigenvalue weighted by atomic mass is 35.5. The number of allylic oxidation sites excluding steroid dienone is 1. The molecule has 2 heterocycles. The van der Waals surface area contributed by atoms with Gasteiger partial charge in [0, 0.05) is 12.6 Å². The summed E-state index contributed by atoms with van der Waals surface area (Å²) in [6.07, 6.45) is 4.85. The van der Waals surface area contributed by atoms with Gasteiger partial charge in [0.05, 0.1) is 12.2 Å². The molecular formula is C10H9ClN2. The Morgan fingerprint density at radius 3 is 2.92 bits per heavy atom. The van der Waals surface area contributed by atoms with Gasteiger partial charge in [-0.05, 0) is 17.7 Å². The summed E-state index contributed by atoms with van der Waals surface area (Å²) in [6, 6.07) is 5.66. The van der Waals surface area contributed by atoms with Gasteiger partial charge in [-0.2, -0.15) is 0 Å². The number of hydrogen-bond acceptors (Lipinski definition) is 2. The Bertz CT molecular complexity index is 369. The van der Waals surface area contributed by atoms with Gasteiger partial charge in [0.2, 0.25) is 0 Å². The van der Waals surface area contributed by atoms with Crippen LogP contribution in [0.4, 0.5) is 0 Å². The lowest BCUT2D eigenvalue weighted by atomic mass is 10.1. The van der Waals surface area contributed by atoms with E-state index in [0.29, 0.717) is 5.15 Å². The minimum atomic E-state index is 0.543. The third kappa shape index (κ3) is 1.95. The highest BCUT2D eigenvalue weighted by molar-refractivity contribution is 6.29. The Kier molecular flexibility index (Phi) is 2.41. The third-order valence-corrected chi connectivity index (χ3v) is 2.14. The van der Waals surface area contributed by atoms with Gasteiger partial charge >= 0.3 is 0 Å². The van der Waals surface area contributed by atoms with E-state index in [1.165, 1.54) is 5.57 Å². The fourth-order valence-corrected chi connectivity index (χ4v) is 1.44. The number of hydrogen-bond donors (Lipinski definition) is 0. The zero-order chi connectivity index (χ0) is 9.10. The van der Waals surface area contributed by atoms with Crippen LogP contribution >= 0.6 is 11.6 Å². The van der Waals surface area contributed by atoms with E-state index in [4.69, 9.17) is 11.6 Å². The van der Waals surface area contributed by atoms with Crippen molar-refractivity contribution >= 4 is 23.4 Å². The van der Waals surface area contributed by atoms with Crippen LogP contribution in [0.1, 0.15) is 12.1 Å². The maximum absolute atomic E-state index is 5.79. The Morgan fingerprint density at radius 1 is 1.31 bits per heavy atom. The molecule has 0 bridgehead atoms. The molecule has 1 aromatic rings. The van der Waals surface area contributed by atoms with Gasteiger partial charge < -0.3 is 0 Å². The van der Waals surface area contributed by atoms with Crippen LogP contribution < -0.4 is 0 Å². The van der Waals surface area contributed by atoms with Crippen LogP contribution in [0.2, 0.25) is 5.15 Å². The second-order valence-corrected chi connectivity index (χ2v) is 3.21. The van der Waals surface area contributed by atoms with Crippen LogP contribution in [0.15, 0.2) is 29.3 Å². The smallest absolute Gasteiger partial charge is 0.129 e. The van der Waals surface area contributed by atoms with Gasteiger partial charge in [-0.15, -0.1) is 0 Å². The lowest BCUT2D eigenvalue weighted by Gasteiger charge is -2.06. The highest BCUT2D eigenvalue weighted by Crippen LogP contribution is 2.18. The molecule has 0 amide bonds. The van der Waals surface area contributed by atoms with E-state index in [9.17, 15) is 0 Å². The molecule has 1 aliphatic rings. The Morgan fingerprint density at radius 2 is 2.23 bits per heavy atom. The Labute approximate surface area is 82.0 Å². The molecule has 0 spiro atoms. The summed E-state index contributed by atoms with van der Waals surface area (Å²) in [6.45, 7) is 0.753. The van der Waals surface area contributed by atoms with Gasteiger partial charge in [0.1, 0.15) is 5.15 Å². The molecule has 0 N–H and O–H groups in total. The highest BCUT2D eigenvalue weighted by Gasteiger charge is 2.04. The molecule has 2 nitrogen and oxygen atoms in total. The first-order chi connectivity index (χ1) is 6.36. The standard InChI is InChI=1S/C10H9ClN2/c11-10-3-1-2-9(13-10)8-4-6-12-7-5-8/h1-4,7H,5-6H2. The number of aromatic nitrogens is 1. The summed E-state index contributed by atoms with van der Waals surface area (Å²) in [4.78, 5) is 8.35. The summed E-state index contributed by atoms with van der Waals surface area (Å²) in [5.74, 6) is 0. The van der Waals surface area contributed by atoms with Gasteiger partial charge in [-0.3, -0.25) is 4.99 Å². The second-order valence-electron chi connectivity index (χ2n) is 2.83. The van der Waals surface area contributed by atoms with Crippen LogP contribution in [-0.4, -0.2) is 17.7 Å². The summed E-state index contributed by atoms with van der Waals surface area (Å²) < 4.78 is 0. The van der Waals surface area contributed by atoms with E-state index in [1.54, 1.807) is 6.07 Å². The average Bonchev–Trinajstić information content (AvgIpc) is 2.19. The molecule has 3 heteroatoms. The fourth-order valence-electron chi connectivity index (χ4n) is 1.28. The van der Waals surface area contributed by atoms with E-state index >= 15 is 0 Å². The molecule has 13 heavy (non-hydrogen) atoms. The quantitative estimate of drug-likeness (QED) is 0.628. The zero-order valence-corrected chi connectivity index (χ0v) is 7.83. The van der Waals surface area contributed by atoms with Crippen molar-refractivity contribution in [2.75, 3.05) is 6.54 Å². The third-order valence-electron chi connectivity index (χ3n) is 1.93. The Hall–Kier alpha value is -1.15. The van der Waals surface area contributed by atoms with E-state index in [2.05, 4.69) is 16.1 Å². The summed E-state index contributed by atoms with van der Waals surface area (Å²) >= 11 is 5.79. The predicted octanol–water partition coefficient (Wildman–Crippen LogP) is 2.59. The molecule has 0 unspecified atom stereocenters. The SMILES string of the molecule is Clc1cccc(C2=CCN=CC2)n1. The molecule has 2 rings (SSSR count). The van der Waals surface area contributed by atoms with Gasteiger partial charge in [0.25, 0.3) is 0 Å². The van der Waals surface area contributed by atoms with Crippen molar-refractivity contribution in [1.29, 1.82) is 0 Å². The lowest BCUT2D eigenvalue weighted by Crippen LogP contribution is -1.96. The summed E-state index contributed by atoms with van der Waals surface area (Å²) in [5, 5.41) is 0.543. The van der Waals surface area contributed by atoms with Crippen LogP contribution in [0, 0.1) is 0 Å². The molecular weight excluding hydrogens is 184 g/mol. The van der Waals surface area contributed by atoms with Gasteiger partial charge in [0.15, 0.2) is 0 Å². The molecule has 1 aromatic heterocycles. The summed E-state index contributed by atoms with van der Waals surface area (Å²) in [7, 11) is 0. The van der Waals surface area contributed by atoms with Gasteiger partial charge in [-0.25, -0.2) is 4.98 Å². The fraction of sp³-hybridized carbons (Fsp3) is 0.200. The number of rotatable bonds is 1. The average molecular weight is 193 g/mol. The number of aliphatic imine (C=N–C) groups is 1.